The molecule has 1 heterocycles. The average Bonchev–Trinajstić information content (AvgIpc) is 3.12. The predicted molar refractivity (Wildman–Crippen MR) is 124 cm³/mol. The number of benzene rings is 4. The van der Waals surface area contributed by atoms with E-state index in [1.165, 1.54) is 18.2 Å². The Morgan fingerprint density at radius 3 is 1.85 bits per heavy atom. The van der Waals surface area contributed by atoms with Crippen LogP contribution in [0.1, 0.15) is 10.4 Å². The van der Waals surface area contributed by atoms with Crippen molar-refractivity contribution in [2.45, 2.75) is 9.79 Å². The van der Waals surface area contributed by atoms with Crippen molar-refractivity contribution in [1.82, 2.24) is 0 Å². The minimum absolute atomic E-state index is 0.121. The van der Waals surface area contributed by atoms with Gasteiger partial charge in [0, 0.05) is 16.3 Å². The monoisotopic (exact) mass is 480 g/mol. The van der Waals surface area contributed by atoms with E-state index in [9.17, 15) is 26.2 Å². The summed E-state index contributed by atoms with van der Waals surface area (Å²) in [6.07, 6.45) is 0. The highest BCUT2D eigenvalue weighted by Gasteiger charge is 2.35. The van der Waals surface area contributed by atoms with Gasteiger partial charge >= 0.3 is 0 Å². The van der Waals surface area contributed by atoms with E-state index >= 15 is 0 Å². The third-order valence-corrected chi connectivity index (χ3v) is 8.02. The zero-order valence-corrected chi connectivity index (χ0v) is 18.5. The van der Waals surface area contributed by atoms with Gasteiger partial charge in [0.15, 0.2) is 0 Å². The highest BCUT2D eigenvalue weighted by Crippen LogP contribution is 2.43. The maximum absolute atomic E-state index is 14.1. The zero-order chi connectivity index (χ0) is 23.4. The van der Waals surface area contributed by atoms with Crippen molar-refractivity contribution < 1.29 is 26.2 Å². The maximum atomic E-state index is 14.1. The van der Waals surface area contributed by atoms with Gasteiger partial charge in [0.25, 0.3) is 26.0 Å². The first-order valence-electron chi connectivity index (χ1n) is 9.73. The van der Waals surface area contributed by atoms with Crippen LogP contribution < -0.4 is 9.62 Å². The summed E-state index contributed by atoms with van der Waals surface area (Å²) >= 11 is 0. The van der Waals surface area contributed by atoms with Gasteiger partial charge in [0.1, 0.15) is 4.90 Å². The number of hydrogen-bond donors (Lipinski definition) is 2. The van der Waals surface area contributed by atoms with Gasteiger partial charge in [0.05, 0.1) is 22.0 Å². The summed E-state index contributed by atoms with van der Waals surface area (Å²) in [4.78, 5) is 11.4. The lowest BCUT2D eigenvalue weighted by Gasteiger charge is -2.25. The molecule has 1 amide bonds. The summed E-state index contributed by atoms with van der Waals surface area (Å²) in [6, 6.07) is 22.0. The van der Waals surface area contributed by atoms with Crippen LogP contribution in [0.3, 0.4) is 0 Å². The smallest absolute Gasteiger partial charge is 0.296 e. The van der Waals surface area contributed by atoms with E-state index < -0.39 is 30.9 Å². The Kier molecular flexibility index (Phi) is 4.74. The Balaban J connectivity index is 1.88. The van der Waals surface area contributed by atoms with Gasteiger partial charge < -0.3 is 5.32 Å². The average molecular weight is 481 g/mol. The molecule has 0 spiro atoms. The molecule has 2 N–H and O–H groups in total. The van der Waals surface area contributed by atoms with Crippen molar-refractivity contribution in [3.05, 3.63) is 90.5 Å². The van der Waals surface area contributed by atoms with Crippen molar-refractivity contribution in [2.24, 2.45) is 0 Å². The summed E-state index contributed by atoms with van der Waals surface area (Å²) in [5.41, 5.74) is 0.637. The second-order valence-electron chi connectivity index (χ2n) is 7.35. The normalized spacial score (nSPS) is 13.2. The molecule has 0 saturated carbocycles. The first kappa shape index (κ1) is 21.1. The predicted octanol–water partition coefficient (Wildman–Crippen LogP) is 4.18. The Morgan fingerprint density at radius 2 is 1.30 bits per heavy atom. The van der Waals surface area contributed by atoms with E-state index in [0.717, 1.165) is 10.4 Å². The van der Waals surface area contributed by atoms with Gasteiger partial charge in [-0.3, -0.25) is 9.35 Å². The highest BCUT2D eigenvalue weighted by molar-refractivity contribution is 7.93. The molecule has 0 fully saturated rings. The van der Waals surface area contributed by atoms with Crippen LogP contribution in [0.5, 0.6) is 0 Å². The topological polar surface area (TPSA) is 121 Å². The standard InChI is InChI=1S/C23H16N2O6S2/c26-23-18-13-7-12-17-19(14-20(33(29,30)31)22(24-23)21(17)18)32(27,28)25(15-8-3-1-4-9-15)16-10-5-2-6-11-16/h1-14H,(H,24,26)(H,29,30,31). The highest BCUT2D eigenvalue weighted by atomic mass is 32.2. The Bertz CT molecular complexity index is 1600. The summed E-state index contributed by atoms with van der Waals surface area (Å²) in [7, 11) is -9.28. The minimum atomic E-state index is -4.86. The van der Waals surface area contributed by atoms with E-state index in [2.05, 4.69) is 5.32 Å². The molecule has 0 bridgehead atoms. The molecule has 0 atom stereocenters. The van der Waals surface area contributed by atoms with Crippen molar-refractivity contribution in [3.63, 3.8) is 0 Å². The molecule has 5 rings (SSSR count). The number of anilines is 3. The van der Waals surface area contributed by atoms with E-state index in [0.29, 0.717) is 11.4 Å². The fraction of sp³-hybridized carbons (Fsp3) is 0. The first-order valence-corrected chi connectivity index (χ1v) is 12.6. The molecule has 1 aliphatic heterocycles. The van der Waals surface area contributed by atoms with Crippen LogP contribution in [-0.2, 0) is 20.1 Å². The molecule has 10 heteroatoms. The van der Waals surface area contributed by atoms with Gasteiger partial charge in [-0.05, 0) is 36.4 Å². The molecule has 4 aromatic rings. The SMILES string of the molecule is O=C1Nc2c(S(=O)(=O)O)cc(S(=O)(=O)N(c3ccccc3)c3ccccc3)c3cccc1c23. The van der Waals surface area contributed by atoms with E-state index in [1.807, 2.05) is 0 Å². The van der Waals surface area contributed by atoms with Gasteiger partial charge in [-0.25, -0.2) is 12.7 Å². The van der Waals surface area contributed by atoms with Crippen LogP contribution >= 0.6 is 0 Å². The van der Waals surface area contributed by atoms with Crippen LogP contribution in [0.2, 0.25) is 0 Å². The van der Waals surface area contributed by atoms with Gasteiger partial charge in [-0.2, -0.15) is 8.42 Å². The zero-order valence-electron chi connectivity index (χ0n) is 16.8. The number of sulfonamides is 1. The molecule has 0 radical (unpaired) electrons. The van der Waals surface area contributed by atoms with Crippen molar-refractivity contribution in [2.75, 3.05) is 9.62 Å². The number of nitrogens with one attached hydrogen (secondary N) is 1. The number of para-hydroxylation sites is 2. The van der Waals surface area contributed by atoms with Gasteiger partial charge in [-0.1, -0.05) is 48.5 Å². The van der Waals surface area contributed by atoms with Crippen LogP contribution in [-0.4, -0.2) is 27.3 Å². The lowest BCUT2D eigenvalue weighted by atomic mass is 10.1. The number of amides is 1. The molecule has 33 heavy (non-hydrogen) atoms. The van der Waals surface area contributed by atoms with Gasteiger partial charge in [-0.15, -0.1) is 0 Å². The second-order valence-corrected chi connectivity index (χ2v) is 10.5. The van der Waals surface area contributed by atoms with Crippen LogP contribution in [0.4, 0.5) is 17.1 Å². The largest absolute Gasteiger partial charge is 0.320 e. The van der Waals surface area contributed by atoms with Crippen molar-refractivity contribution in [1.29, 1.82) is 0 Å². The summed E-state index contributed by atoms with van der Waals surface area (Å²) in [6.45, 7) is 0. The molecular formula is C23H16N2O6S2. The van der Waals surface area contributed by atoms with Crippen LogP contribution in [0, 0.1) is 0 Å². The summed E-state index contributed by atoms with van der Waals surface area (Å²) in [5.74, 6) is -0.585. The minimum Gasteiger partial charge on any atom is -0.320 e. The first-order chi connectivity index (χ1) is 15.7. The molecule has 4 aromatic carbocycles. The van der Waals surface area contributed by atoms with E-state index in [-0.39, 0.29) is 26.9 Å². The van der Waals surface area contributed by atoms with Crippen LogP contribution in [0.15, 0.2) is 94.7 Å². The number of nitrogens with zero attached hydrogens (tertiary/aromatic N) is 1. The quantitative estimate of drug-likeness (QED) is 0.414. The summed E-state index contributed by atoms with van der Waals surface area (Å²) in [5, 5.41) is 2.71. The second kappa shape index (κ2) is 7.41. The number of hydrogen-bond acceptors (Lipinski definition) is 5. The molecule has 166 valence electrons. The lowest BCUT2D eigenvalue weighted by Crippen LogP contribution is -2.26. The molecule has 8 nitrogen and oxygen atoms in total. The molecule has 1 aliphatic rings. The third kappa shape index (κ3) is 3.35. The van der Waals surface area contributed by atoms with Crippen molar-refractivity contribution in [3.8, 4) is 0 Å². The summed E-state index contributed by atoms with van der Waals surface area (Å²) < 4.78 is 63.5. The number of rotatable bonds is 5. The van der Waals surface area contributed by atoms with E-state index in [4.69, 9.17) is 0 Å². The number of carbonyl (C=O) groups excluding carboxylic acids is 1. The molecular weight excluding hydrogens is 464 g/mol. The molecule has 0 unspecified atom stereocenters. The Morgan fingerprint density at radius 1 is 0.727 bits per heavy atom. The Hall–Kier alpha value is -3.73. The molecule has 0 aliphatic carbocycles. The third-order valence-electron chi connectivity index (χ3n) is 5.35. The Labute approximate surface area is 189 Å². The maximum Gasteiger partial charge on any atom is 0.296 e. The lowest BCUT2D eigenvalue weighted by molar-refractivity contribution is 0.103. The number of carbonyl (C=O) groups is 1. The molecule has 0 aromatic heterocycles. The molecule has 0 saturated heterocycles. The van der Waals surface area contributed by atoms with Gasteiger partial charge in [0.2, 0.25) is 0 Å². The van der Waals surface area contributed by atoms with E-state index in [1.54, 1.807) is 60.7 Å². The van der Waals surface area contributed by atoms with Crippen LogP contribution in [0.25, 0.3) is 10.8 Å². The van der Waals surface area contributed by atoms with Crippen molar-refractivity contribution >= 4 is 53.9 Å². The fourth-order valence-electron chi connectivity index (χ4n) is 3.98. The fourth-order valence-corrected chi connectivity index (χ4v) is 6.44.